The first-order valence-electron chi connectivity index (χ1n) is 17.4. The number of sulfonamides is 1. The van der Waals surface area contributed by atoms with E-state index in [-0.39, 0.29) is 31.5 Å². The Hall–Kier alpha value is -4.33. The lowest BCUT2D eigenvalue weighted by molar-refractivity contribution is -0.157. The second kappa shape index (κ2) is 12.5. The van der Waals surface area contributed by atoms with Crippen LogP contribution < -0.4 is 14.8 Å². The average molecular weight is 706 g/mol. The Morgan fingerprint density at radius 1 is 1.06 bits per heavy atom. The molecule has 0 radical (unpaired) electrons. The predicted octanol–water partition coefficient (Wildman–Crippen LogP) is 4.38. The maximum Gasteiger partial charge on any atom is 0.405 e. The van der Waals surface area contributed by atoms with Gasteiger partial charge in [-0.05, 0) is 77.0 Å². The van der Waals surface area contributed by atoms with Gasteiger partial charge in [0.15, 0.2) is 11.5 Å². The second-order valence-corrected chi connectivity index (χ2v) is 17.0. The Kier molecular flexibility index (Phi) is 8.51. The number of ketones is 1. The van der Waals surface area contributed by atoms with Gasteiger partial charge >= 0.3 is 6.09 Å². The van der Waals surface area contributed by atoms with Crippen LogP contribution in [-0.2, 0) is 30.8 Å². The SMILES string of the molecule is Cc1ccc2nc(C)c3c(c2c1)CC[C@]1(CCC(=O)[C@@H](NC(=O)O)CCCCC2=C(C2)/N=C\[C@@H]2[C@@H](C(=O)NS(=O)(=O)C4(C)CC4)CC(=O)N21)O3. The molecule has 4 atom stereocenters. The molecule has 50 heavy (non-hydrogen) atoms. The first kappa shape index (κ1) is 34.1. The summed E-state index contributed by atoms with van der Waals surface area (Å²) in [6.45, 7) is 5.41. The lowest BCUT2D eigenvalue weighted by Gasteiger charge is -2.47. The van der Waals surface area contributed by atoms with Gasteiger partial charge in [-0.2, -0.15) is 0 Å². The molecule has 2 aliphatic carbocycles. The largest absolute Gasteiger partial charge is 0.466 e. The first-order chi connectivity index (χ1) is 23.7. The summed E-state index contributed by atoms with van der Waals surface area (Å²) in [5.74, 6) is -2.11. The smallest absolute Gasteiger partial charge is 0.405 e. The van der Waals surface area contributed by atoms with E-state index >= 15 is 0 Å². The van der Waals surface area contributed by atoms with E-state index in [4.69, 9.17) is 14.7 Å². The molecule has 3 N–H and O–H groups in total. The van der Waals surface area contributed by atoms with Crippen molar-refractivity contribution in [2.45, 2.75) is 120 Å². The zero-order valence-electron chi connectivity index (χ0n) is 28.6. The van der Waals surface area contributed by atoms with Gasteiger partial charge in [-0.15, -0.1) is 0 Å². The third kappa shape index (κ3) is 6.26. The van der Waals surface area contributed by atoms with Crippen molar-refractivity contribution < 1.29 is 37.4 Å². The minimum Gasteiger partial charge on any atom is -0.466 e. The summed E-state index contributed by atoms with van der Waals surface area (Å²) in [6.07, 6.45) is 4.67. The first-order valence-corrected chi connectivity index (χ1v) is 18.9. The number of nitrogens with zero attached hydrogens (tertiary/aromatic N) is 3. The van der Waals surface area contributed by atoms with Crippen molar-refractivity contribution >= 4 is 50.8 Å². The van der Waals surface area contributed by atoms with E-state index in [1.54, 1.807) is 13.1 Å². The van der Waals surface area contributed by atoms with Gasteiger partial charge in [0.25, 0.3) is 0 Å². The number of nitrogens with one attached hydrogen (secondary N) is 2. The fourth-order valence-electron chi connectivity index (χ4n) is 7.76. The number of aromatic nitrogens is 1. The van der Waals surface area contributed by atoms with Crippen LogP contribution in [0.4, 0.5) is 4.79 Å². The number of hydrogen-bond acceptors (Lipinski definition) is 9. The summed E-state index contributed by atoms with van der Waals surface area (Å²) >= 11 is 0. The van der Waals surface area contributed by atoms with Crippen molar-refractivity contribution in [1.82, 2.24) is 19.9 Å². The van der Waals surface area contributed by atoms with E-state index in [1.807, 2.05) is 32.0 Å². The molecule has 1 aromatic carbocycles. The zero-order valence-corrected chi connectivity index (χ0v) is 29.4. The zero-order chi connectivity index (χ0) is 35.6. The summed E-state index contributed by atoms with van der Waals surface area (Å²) in [7, 11) is -3.98. The fourth-order valence-corrected chi connectivity index (χ4v) is 9.06. The van der Waals surface area contributed by atoms with Crippen molar-refractivity contribution in [1.29, 1.82) is 0 Å². The molecule has 7 rings (SSSR count). The number of carbonyl (C=O) groups excluding carboxylic acids is 3. The summed E-state index contributed by atoms with van der Waals surface area (Å²) in [5.41, 5.74) is 3.91. The van der Waals surface area contributed by atoms with Crippen molar-refractivity contribution in [3.8, 4) is 5.75 Å². The number of rotatable bonds is 4. The standard InChI is InChI=1S/C36H43N5O8S/c1-20-8-9-26-24(16-20)23-10-12-36(49-32(23)21(2)38-26)13-11-30(42)27(39-34(45)46)7-5-4-6-22-17-28(22)37-19-29-25(18-31(43)41(29)36)33(44)40-50(47,48)35(3)14-15-35/h8-9,16,19,25,27,29,39H,4-7,10-15,17-18H2,1-3H3,(H,40,44)(H,45,46)/b37-19-/t25-,27-,29+,36+/m0/s1. The molecular weight excluding hydrogens is 662 g/mol. The van der Waals surface area contributed by atoms with Crippen molar-refractivity contribution in [3.05, 3.63) is 46.3 Å². The number of carbonyl (C=O) groups is 4. The molecule has 1 saturated heterocycles. The molecule has 1 saturated carbocycles. The van der Waals surface area contributed by atoms with Gasteiger partial charge in [0, 0.05) is 55.0 Å². The number of allylic oxidation sites excluding steroid dienone is 2. The van der Waals surface area contributed by atoms with Crippen molar-refractivity contribution in [3.63, 3.8) is 0 Å². The number of aryl methyl sites for hydroxylation is 3. The van der Waals surface area contributed by atoms with Crippen LogP contribution in [0, 0.1) is 19.8 Å². The third-order valence-electron chi connectivity index (χ3n) is 11.1. The summed E-state index contributed by atoms with van der Waals surface area (Å²) in [4.78, 5) is 64.6. The van der Waals surface area contributed by atoms with Gasteiger partial charge < -0.3 is 15.2 Å². The molecule has 0 unspecified atom stereocenters. The monoisotopic (exact) mass is 705 g/mol. The maximum absolute atomic E-state index is 14.3. The van der Waals surface area contributed by atoms with E-state index in [0.717, 1.165) is 46.1 Å². The number of benzene rings is 1. The lowest BCUT2D eigenvalue weighted by atomic mass is 9.87. The lowest BCUT2D eigenvalue weighted by Crippen LogP contribution is -2.60. The third-order valence-corrected chi connectivity index (χ3v) is 13.3. The Morgan fingerprint density at radius 2 is 1.82 bits per heavy atom. The average Bonchev–Trinajstić information content (AvgIpc) is 3.97. The molecule has 2 fully saturated rings. The normalized spacial score (nSPS) is 28.5. The van der Waals surface area contributed by atoms with Gasteiger partial charge in [-0.1, -0.05) is 18.1 Å². The number of amides is 3. The van der Waals surface area contributed by atoms with Gasteiger partial charge in [-0.25, -0.2) is 18.2 Å². The Balaban J connectivity index is 1.32. The van der Waals surface area contributed by atoms with Crippen LogP contribution in [0.2, 0.25) is 0 Å². The Bertz CT molecular complexity index is 1990. The second-order valence-electron chi connectivity index (χ2n) is 14.8. The van der Waals surface area contributed by atoms with Gasteiger partial charge in [0.1, 0.15) is 5.75 Å². The predicted molar refractivity (Wildman–Crippen MR) is 184 cm³/mol. The highest BCUT2D eigenvalue weighted by Gasteiger charge is 2.57. The molecule has 1 aromatic heterocycles. The van der Waals surface area contributed by atoms with E-state index < -0.39 is 56.4 Å². The maximum atomic E-state index is 14.3. The molecule has 13 nitrogen and oxygen atoms in total. The fraction of sp³-hybridized carbons (Fsp3) is 0.556. The molecule has 266 valence electrons. The van der Waals surface area contributed by atoms with E-state index in [9.17, 15) is 32.7 Å². The van der Waals surface area contributed by atoms with Crippen LogP contribution in [0.25, 0.3) is 10.9 Å². The molecule has 3 amide bonds. The van der Waals surface area contributed by atoms with E-state index in [0.29, 0.717) is 50.0 Å². The molecule has 14 heteroatoms. The number of fused-ring (bicyclic) bond motifs is 5. The number of Topliss-reactive ketones (excluding diaryl/α,β-unsaturated/α-hetero) is 1. The molecule has 4 heterocycles. The molecule has 1 spiro atoms. The van der Waals surface area contributed by atoms with E-state index in [2.05, 4.69) is 10.0 Å². The topological polar surface area (TPSA) is 184 Å². The quantitative estimate of drug-likeness (QED) is 0.416. The van der Waals surface area contributed by atoms with Crippen molar-refractivity contribution in [2.75, 3.05) is 0 Å². The Morgan fingerprint density at radius 3 is 2.56 bits per heavy atom. The number of pyridine rings is 1. The molecule has 3 aliphatic heterocycles. The van der Waals surface area contributed by atoms with Crippen LogP contribution in [0.5, 0.6) is 5.75 Å². The number of hydrogen-bond donors (Lipinski definition) is 3. The minimum atomic E-state index is -3.98. The van der Waals surface area contributed by atoms with Crippen LogP contribution in [0.15, 0.2) is 34.5 Å². The summed E-state index contributed by atoms with van der Waals surface area (Å²) < 4.78 is 34.5. The van der Waals surface area contributed by atoms with Crippen molar-refractivity contribution in [2.24, 2.45) is 10.9 Å². The van der Waals surface area contributed by atoms with Gasteiger partial charge in [-0.3, -0.25) is 29.0 Å². The van der Waals surface area contributed by atoms with Crippen LogP contribution in [0.3, 0.4) is 0 Å². The highest BCUT2D eigenvalue weighted by molar-refractivity contribution is 7.91. The van der Waals surface area contributed by atoms with Gasteiger partial charge in [0.2, 0.25) is 21.8 Å². The van der Waals surface area contributed by atoms with Crippen LogP contribution >= 0.6 is 0 Å². The van der Waals surface area contributed by atoms with Gasteiger partial charge in [0.05, 0.1) is 34.0 Å². The highest BCUT2D eigenvalue weighted by Crippen LogP contribution is 2.47. The molecule has 0 bridgehead atoms. The molecule has 5 aliphatic rings. The summed E-state index contributed by atoms with van der Waals surface area (Å²) in [6, 6.07) is 4.09. The number of carboxylic acid groups (broad SMARTS) is 1. The van der Waals surface area contributed by atoms with Crippen LogP contribution in [0.1, 0.15) is 94.4 Å². The molecular formula is C36H43N5O8S. The highest BCUT2D eigenvalue weighted by atomic mass is 32.2. The number of ether oxygens (including phenoxy) is 1. The number of aliphatic imine (C=N–C) groups is 1. The summed E-state index contributed by atoms with van der Waals surface area (Å²) in [5, 5.41) is 12.9. The Labute approximate surface area is 291 Å². The minimum absolute atomic E-state index is 0.0170. The van der Waals surface area contributed by atoms with Crippen LogP contribution in [-0.4, -0.2) is 75.9 Å². The van der Waals surface area contributed by atoms with E-state index in [1.165, 1.54) is 4.90 Å². The molecule has 2 aromatic rings.